The standard InChI is InChI=1S/C24H18O4/c25-19-14-22-23(20(26)15-21(28-22)17-11-5-2-6-12-17)24(27)18(19)13-7-10-16-8-3-1-4-9-16/h1-12,14-15,25,27H,13H2/b10-7+. The zero-order valence-electron chi connectivity index (χ0n) is 15.0. The van der Waals surface area contributed by atoms with E-state index in [9.17, 15) is 15.0 Å². The molecule has 2 N–H and O–H groups in total. The fourth-order valence-electron chi connectivity index (χ4n) is 3.15. The van der Waals surface area contributed by atoms with Gasteiger partial charge in [-0.1, -0.05) is 72.8 Å². The van der Waals surface area contributed by atoms with Crippen molar-refractivity contribution in [2.75, 3.05) is 0 Å². The summed E-state index contributed by atoms with van der Waals surface area (Å²) in [5.74, 6) is 0.0192. The second-order valence-electron chi connectivity index (χ2n) is 6.45. The van der Waals surface area contributed by atoms with E-state index in [1.54, 1.807) is 0 Å². The third kappa shape index (κ3) is 3.40. The van der Waals surface area contributed by atoms with E-state index in [0.29, 0.717) is 11.3 Å². The molecule has 1 aromatic heterocycles. The van der Waals surface area contributed by atoms with Crippen molar-refractivity contribution in [1.82, 2.24) is 0 Å². The van der Waals surface area contributed by atoms with Gasteiger partial charge in [-0.15, -0.1) is 0 Å². The van der Waals surface area contributed by atoms with E-state index in [1.165, 1.54) is 12.1 Å². The van der Waals surface area contributed by atoms with E-state index in [2.05, 4.69) is 0 Å². The number of aromatic hydroxyl groups is 2. The highest BCUT2D eigenvalue weighted by molar-refractivity contribution is 5.88. The van der Waals surface area contributed by atoms with Crippen molar-refractivity contribution in [2.24, 2.45) is 0 Å². The molecule has 0 amide bonds. The number of hydrogen-bond acceptors (Lipinski definition) is 4. The average molecular weight is 370 g/mol. The second kappa shape index (κ2) is 7.45. The average Bonchev–Trinajstić information content (AvgIpc) is 2.71. The monoisotopic (exact) mass is 370 g/mol. The maximum absolute atomic E-state index is 12.6. The van der Waals surface area contributed by atoms with E-state index >= 15 is 0 Å². The highest BCUT2D eigenvalue weighted by Crippen LogP contribution is 2.36. The van der Waals surface area contributed by atoms with Crippen molar-refractivity contribution in [3.63, 3.8) is 0 Å². The van der Waals surface area contributed by atoms with E-state index in [1.807, 2.05) is 72.8 Å². The summed E-state index contributed by atoms with van der Waals surface area (Å²) < 4.78 is 5.78. The number of phenolic OH excluding ortho intramolecular Hbond substituents is 2. The molecule has 0 unspecified atom stereocenters. The van der Waals surface area contributed by atoms with Crippen LogP contribution < -0.4 is 5.43 Å². The molecule has 4 nitrogen and oxygen atoms in total. The topological polar surface area (TPSA) is 70.7 Å². The molecule has 0 bridgehead atoms. The summed E-state index contributed by atoms with van der Waals surface area (Å²) in [5.41, 5.74) is 1.84. The molecule has 0 aliphatic rings. The minimum atomic E-state index is -0.356. The van der Waals surface area contributed by atoms with Crippen molar-refractivity contribution >= 4 is 17.0 Å². The van der Waals surface area contributed by atoms with Crippen LogP contribution in [0, 0.1) is 0 Å². The molecule has 0 atom stereocenters. The Morgan fingerprint density at radius 3 is 2.29 bits per heavy atom. The van der Waals surface area contributed by atoms with Crippen molar-refractivity contribution in [3.8, 4) is 22.8 Å². The van der Waals surface area contributed by atoms with Crippen LogP contribution in [-0.2, 0) is 6.42 Å². The Balaban J connectivity index is 1.75. The van der Waals surface area contributed by atoms with Gasteiger partial charge in [0.05, 0.1) is 0 Å². The number of phenols is 2. The van der Waals surface area contributed by atoms with Crippen LogP contribution >= 0.6 is 0 Å². The third-order valence-corrected chi connectivity index (χ3v) is 4.56. The van der Waals surface area contributed by atoms with E-state index in [-0.39, 0.29) is 34.3 Å². The van der Waals surface area contributed by atoms with E-state index in [0.717, 1.165) is 11.1 Å². The van der Waals surface area contributed by atoms with Crippen LogP contribution in [0.15, 0.2) is 88.1 Å². The largest absolute Gasteiger partial charge is 0.507 e. The minimum absolute atomic E-state index is 0.0700. The first-order valence-electron chi connectivity index (χ1n) is 8.92. The number of fused-ring (bicyclic) bond motifs is 1. The van der Waals surface area contributed by atoms with Crippen molar-refractivity contribution in [2.45, 2.75) is 6.42 Å². The van der Waals surface area contributed by atoms with Gasteiger partial charge in [-0.25, -0.2) is 0 Å². The third-order valence-electron chi connectivity index (χ3n) is 4.56. The van der Waals surface area contributed by atoms with Crippen LogP contribution in [0.2, 0.25) is 0 Å². The lowest BCUT2D eigenvalue weighted by molar-refractivity contribution is 0.443. The molecule has 3 aromatic carbocycles. The molecule has 0 radical (unpaired) electrons. The summed E-state index contributed by atoms with van der Waals surface area (Å²) in [6, 6.07) is 21.7. The molecule has 4 heteroatoms. The molecule has 4 rings (SSSR count). The molecule has 28 heavy (non-hydrogen) atoms. The van der Waals surface area contributed by atoms with Crippen LogP contribution in [0.4, 0.5) is 0 Å². The minimum Gasteiger partial charge on any atom is -0.507 e. The predicted octanol–water partition coefficient (Wildman–Crippen LogP) is 5.13. The van der Waals surface area contributed by atoms with Gasteiger partial charge < -0.3 is 14.6 Å². The Morgan fingerprint density at radius 1 is 0.893 bits per heavy atom. The first-order chi connectivity index (χ1) is 13.6. The van der Waals surface area contributed by atoms with Gasteiger partial charge in [0.25, 0.3) is 0 Å². The smallest absolute Gasteiger partial charge is 0.197 e. The Kier molecular flexibility index (Phi) is 4.68. The maximum atomic E-state index is 12.6. The number of rotatable bonds is 4. The second-order valence-corrected chi connectivity index (χ2v) is 6.45. The summed E-state index contributed by atoms with van der Waals surface area (Å²) in [4.78, 5) is 12.6. The van der Waals surface area contributed by atoms with Crippen LogP contribution in [-0.4, -0.2) is 10.2 Å². The molecule has 0 saturated heterocycles. The zero-order chi connectivity index (χ0) is 19.5. The summed E-state index contributed by atoms with van der Waals surface area (Å²) >= 11 is 0. The lowest BCUT2D eigenvalue weighted by atomic mass is 10.0. The molecule has 0 saturated carbocycles. The van der Waals surface area contributed by atoms with Gasteiger partial charge in [-0.05, 0) is 12.0 Å². The van der Waals surface area contributed by atoms with Gasteiger partial charge in [-0.2, -0.15) is 0 Å². The van der Waals surface area contributed by atoms with Gasteiger partial charge in [0.2, 0.25) is 0 Å². The van der Waals surface area contributed by atoms with Crippen molar-refractivity contribution in [1.29, 1.82) is 0 Å². The van der Waals surface area contributed by atoms with E-state index in [4.69, 9.17) is 4.42 Å². The normalized spacial score (nSPS) is 11.3. The summed E-state index contributed by atoms with van der Waals surface area (Å²) in [5, 5.41) is 21.1. The lowest BCUT2D eigenvalue weighted by Crippen LogP contribution is -2.02. The van der Waals surface area contributed by atoms with Gasteiger partial charge in [0.1, 0.15) is 28.2 Å². The molecular weight excluding hydrogens is 352 g/mol. The zero-order valence-corrected chi connectivity index (χ0v) is 15.0. The Hall–Kier alpha value is -3.79. The van der Waals surface area contributed by atoms with Crippen LogP contribution in [0.3, 0.4) is 0 Å². The first kappa shape index (κ1) is 17.6. The lowest BCUT2D eigenvalue weighted by Gasteiger charge is -2.09. The Bertz CT molecular complexity index is 1210. The highest BCUT2D eigenvalue weighted by atomic mass is 16.3. The number of allylic oxidation sites excluding steroid dienone is 1. The van der Waals surface area contributed by atoms with Crippen LogP contribution in [0.1, 0.15) is 11.1 Å². The van der Waals surface area contributed by atoms with Gasteiger partial charge in [0.15, 0.2) is 5.43 Å². The Morgan fingerprint density at radius 2 is 1.57 bits per heavy atom. The first-order valence-corrected chi connectivity index (χ1v) is 8.92. The maximum Gasteiger partial charge on any atom is 0.197 e. The molecule has 0 aliphatic carbocycles. The van der Waals surface area contributed by atoms with Crippen molar-refractivity contribution < 1.29 is 14.6 Å². The van der Waals surface area contributed by atoms with Gasteiger partial charge >= 0.3 is 0 Å². The highest BCUT2D eigenvalue weighted by Gasteiger charge is 2.17. The summed E-state index contributed by atoms with van der Waals surface area (Å²) in [6.07, 6.45) is 4.00. The fourth-order valence-corrected chi connectivity index (χ4v) is 3.15. The van der Waals surface area contributed by atoms with Gasteiger partial charge in [0, 0.05) is 23.3 Å². The Labute approximate surface area is 161 Å². The SMILES string of the molecule is O=c1cc(-c2ccccc2)oc2cc(O)c(C/C=C/c3ccccc3)c(O)c12. The number of benzene rings is 3. The molecule has 0 aliphatic heterocycles. The molecular formula is C24H18O4. The van der Waals surface area contributed by atoms with Crippen LogP contribution in [0.25, 0.3) is 28.4 Å². The molecule has 4 aromatic rings. The molecule has 0 fully saturated rings. The molecule has 138 valence electrons. The van der Waals surface area contributed by atoms with Crippen molar-refractivity contribution in [3.05, 3.63) is 100 Å². The quantitative estimate of drug-likeness (QED) is 0.523. The predicted molar refractivity (Wildman–Crippen MR) is 110 cm³/mol. The van der Waals surface area contributed by atoms with Gasteiger partial charge in [-0.3, -0.25) is 4.79 Å². The summed E-state index contributed by atoms with van der Waals surface area (Å²) in [7, 11) is 0. The van der Waals surface area contributed by atoms with Crippen LogP contribution in [0.5, 0.6) is 11.5 Å². The summed E-state index contributed by atoms with van der Waals surface area (Å²) in [6.45, 7) is 0. The van der Waals surface area contributed by atoms with E-state index < -0.39 is 0 Å². The molecule has 0 spiro atoms. The number of hydrogen-bond donors (Lipinski definition) is 2. The molecule has 1 heterocycles. The fraction of sp³-hybridized carbons (Fsp3) is 0.0417.